The molecule has 1 aliphatic heterocycles. The van der Waals surface area contributed by atoms with E-state index in [1.807, 2.05) is 43.0 Å². The van der Waals surface area contributed by atoms with Crippen molar-refractivity contribution in [2.75, 3.05) is 6.54 Å². The molecular formula is C16H18N2OS. The Morgan fingerprint density at radius 2 is 2.15 bits per heavy atom. The number of thiazole rings is 1. The molecule has 0 N–H and O–H groups in total. The molecule has 0 aliphatic carbocycles. The van der Waals surface area contributed by atoms with E-state index in [1.54, 1.807) is 11.3 Å². The number of amides is 1. The van der Waals surface area contributed by atoms with Crippen molar-refractivity contribution in [2.24, 2.45) is 0 Å². The van der Waals surface area contributed by atoms with Crippen molar-refractivity contribution in [3.8, 4) is 0 Å². The van der Waals surface area contributed by atoms with Gasteiger partial charge < -0.3 is 4.90 Å². The highest BCUT2D eigenvalue weighted by Gasteiger charge is 2.32. The summed E-state index contributed by atoms with van der Waals surface area (Å²) in [7, 11) is 0. The van der Waals surface area contributed by atoms with E-state index in [-0.39, 0.29) is 11.9 Å². The number of carbonyl (C=O) groups is 1. The summed E-state index contributed by atoms with van der Waals surface area (Å²) >= 11 is 1.66. The van der Waals surface area contributed by atoms with Gasteiger partial charge in [-0.2, -0.15) is 0 Å². The fourth-order valence-corrected chi connectivity index (χ4v) is 3.70. The third-order valence-electron chi connectivity index (χ3n) is 3.81. The Labute approximate surface area is 123 Å². The molecule has 2 aromatic rings. The Morgan fingerprint density at radius 1 is 1.35 bits per heavy atom. The summed E-state index contributed by atoms with van der Waals surface area (Å²) in [5, 5.41) is 3.13. The van der Waals surface area contributed by atoms with Crippen LogP contribution in [0.4, 0.5) is 0 Å². The monoisotopic (exact) mass is 286 g/mol. The standard InChI is InChI=1S/C16H18N2OS/c1-11-6-3-4-7-13(11)16(19)18-9-5-8-14(18)15-17-12(2)10-20-15/h3-4,6-7,10,14H,5,8-9H2,1-2H3/t14-/m1/s1. The van der Waals surface area contributed by atoms with Gasteiger partial charge >= 0.3 is 0 Å². The van der Waals surface area contributed by atoms with Crippen molar-refractivity contribution in [3.63, 3.8) is 0 Å². The third-order valence-corrected chi connectivity index (χ3v) is 4.87. The summed E-state index contributed by atoms with van der Waals surface area (Å²) in [6.07, 6.45) is 2.07. The second-order valence-electron chi connectivity index (χ2n) is 5.30. The van der Waals surface area contributed by atoms with E-state index in [0.717, 1.165) is 41.2 Å². The zero-order valence-corrected chi connectivity index (χ0v) is 12.6. The SMILES string of the molecule is Cc1csc([C@H]2CCCN2C(=O)c2ccccc2C)n1. The first kappa shape index (κ1) is 13.3. The zero-order valence-electron chi connectivity index (χ0n) is 11.8. The Kier molecular flexibility index (Phi) is 3.57. The Balaban J connectivity index is 1.89. The quantitative estimate of drug-likeness (QED) is 0.842. The maximum absolute atomic E-state index is 12.8. The predicted molar refractivity (Wildman–Crippen MR) is 81.0 cm³/mol. The smallest absolute Gasteiger partial charge is 0.254 e. The molecule has 2 heterocycles. The van der Waals surface area contributed by atoms with E-state index in [9.17, 15) is 4.79 Å². The van der Waals surface area contributed by atoms with Crippen LogP contribution < -0.4 is 0 Å². The number of benzene rings is 1. The van der Waals surface area contributed by atoms with Crippen molar-refractivity contribution < 1.29 is 4.79 Å². The Bertz CT molecular complexity index is 635. The predicted octanol–water partition coefficient (Wildman–Crippen LogP) is 3.74. The lowest BCUT2D eigenvalue weighted by Crippen LogP contribution is -2.31. The van der Waals surface area contributed by atoms with E-state index < -0.39 is 0 Å². The van der Waals surface area contributed by atoms with Crippen LogP contribution in [-0.4, -0.2) is 22.3 Å². The van der Waals surface area contributed by atoms with E-state index in [1.165, 1.54) is 0 Å². The van der Waals surface area contributed by atoms with E-state index in [0.29, 0.717) is 0 Å². The summed E-state index contributed by atoms with van der Waals surface area (Å²) in [5.41, 5.74) is 2.89. The number of carbonyl (C=O) groups excluding carboxylic acids is 1. The number of hydrogen-bond acceptors (Lipinski definition) is 3. The summed E-state index contributed by atoms with van der Waals surface area (Å²) < 4.78 is 0. The molecule has 0 bridgehead atoms. The molecule has 0 radical (unpaired) electrons. The summed E-state index contributed by atoms with van der Waals surface area (Å²) in [6.45, 7) is 4.82. The van der Waals surface area contributed by atoms with Gasteiger partial charge in [-0.15, -0.1) is 11.3 Å². The minimum Gasteiger partial charge on any atom is -0.329 e. The number of aryl methyl sites for hydroxylation is 2. The highest BCUT2D eigenvalue weighted by molar-refractivity contribution is 7.09. The van der Waals surface area contributed by atoms with Crippen LogP contribution in [-0.2, 0) is 0 Å². The summed E-state index contributed by atoms with van der Waals surface area (Å²) in [5.74, 6) is 0.137. The minimum atomic E-state index is 0.137. The second-order valence-corrected chi connectivity index (χ2v) is 6.19. The van der Waals surface area contributed by atoms with Crippen molar-refractivity contribution in [3.05, 3.63) is 51.5 Å². The van der Waals surface area contributed by atoms with Crippen molar-refractivity contribution in [1.29, 1.82) is 0 Å². The number of rotatable bonds is 2. The highest BCUT2D eigenvalue weighted by atomic mass is 32.1. The lowest BCUT2D eigenvalue weighted by molar-refractivity contribution is 0.0734. The molecule has 20 heavy (non-hydrogen) atoms. The van der Waals surface area contributed by atoms with Gasteiger partial charge in [0.05, 0.1) is 6.04 Å². The van der Waals surface area contributed by atoms with Crippen LogP contribution in [0.1, 0.15) is 45.5 Å². The third kappa shape index (κ3) is 2.36. The molecule has 1 saturated heterocycles. The summed E-state index contributed by atoms with van der Waals surface area (Å²) in [6, 6.07) is 7.96. The summed E-state index contributed by atoms with van der Waals surface area (Å²) in [4.78, 5) is 19.3. The molecule has 0 spiro atoms. The topological polar surface area (TPSA) is 33.2 Å². The molecule has 0 unspecified atom stereocenters. The molecule has 1 aromatic carbocycles. The average molecular weight is 286 g/mol. The van der Waals surface area contributed by atoms with E-state index in [2.05, 4.69) is 10.4 Å². The van der Waals surface area contributed by atoms with Gasteiger partial charge in [0.1, 0.15) is 5.01 Å². The first-order chi connectivity index (χ1) is 9.66. The molecule has 104 valence electrons. The van der Waals surface area contributed by atoms with Crippen LogP contribution in [0.5, 0.6) is 0 Å². The molecule has 3 nitrogen and oxygen atoms in total. The fourth-order valence-electron chi connectivity index (χ4n) is 2.76. The van der Waals surface area contributed by atoms with Crippen LogP contribution in [0, 0.1) is 13.8 Å². The first-order valence-corrected chi connectivity index (χ1v) is 7.83. The molecular weight excluding hydrogens is 268 g/mol. The molecule has 1 amide bonds. The fraction of sp³-hybridized carbons (Fsp3) is 0.375. The van der Waals surface area contributed by atoms with Crippen LogP contribution in [0.3, 0.4) is 0 Å². The molecule has 1 fully saturated rings. The lowest BCUT2D eigenvalue weighted by Gasteiger charge is -2.24. The first-order valence-electron chi connectivity index (χ1n) is 6.95. The van der Waals surface area contributed by atoms with Crippen molar-refractivity contribution >= 4 is 17.2 Å². The maximum Gasteiger partial charge on any atom is 0.254 e. The molecule has 3 rings (SSSR count). The maximum atomic E-state index is 12.8. The van der Waals surface area contributed by atoms with Gasteiger partial charge in [0.15, 0.2) is 0 Å². The number of nitrogens with zero attached hydrogens (tertiary/aromatic N) is 2. The normalized spacial score (nSPS) is 18.5. The van der Waals surface area contributed by atoms with Crippen LogP contribution in [0.15, 0.2) is 29.6 Å². The molecule has 4 heteroatoms. The minimum absolute atomic E-state index is 0.137. The molecule has 0 saturated carbocycles. The molecule has 1 aromatic heterocycles. The van der Waals surface area contributed by atoms with E-state index in [4.69, 9.17) is 0 Å². The van der Waals surface area contributed by atoms with Gasteiger partial charge in [-0.05, 0) is 38.3 Å². The van der Waals surface area contributed by atoms with Gasteiger partial charge in [-0.25, -0.2) is 4.98 Å². The Hall–Kier alpha value is -1.68. The molecule has 1 atom stereocenters. The van der Waals surface area contributed by atoms with Gasteiger partial charge in [-0.3, -0.25) is 4.79 Å². The van der Waals surface area contributed by atoms with E-state index >= 15 is 0 Å². The Morgan fingerprint density at radius 3 is 2.85 bits per heavy atom. The van der Waals surface area contributed by atoms with Gasteiger partial charge in [0.2, 0.25) is 0 Å². The van der Waals surface area contributed by atoms with Crippen LogP contribution in [0.25, 0.3) is 0 Å². The number of hydrogen-bond donors (Lipinski definition) is 0. The number of aromatic nitrogens is 1. The van der Waals surface area contributed by atoms with Crippen molar-refractivity contribution in [2.45, 2.75) is 32.7 Å². The lowest BCUT2D eigenvalue weighted by atomic mass is 10.1. The van der Waals surface area contributed by atoms with Gasteiger partial charge in [0, 0.05) is 23.2 Å². The number of likely N-dealkylation sites (tertiary alicyclic amines) is 1. The van der Waals surface area contributed by atoms with Crippen molar-refractivity contribution in [1.82, 2.24) is 9.88 Å². The van der Waals surface area contributed by atoms with Crippen LogP contribution >= 0.6 is 11.3 Å². The zero-order chi connectivity index (χ0) is 14.1. The van der Waals surface area contributed by atoms with Gasteiger partial charge in [-0.1, -0.05) is 18.2 Å². The largest absolute Gasteiger partial charge is 0.329 e. The second kappa shape index (κ2) is 5.37. The highest BCUT2D eigenvalue weighted by Crippen LogP contribution is 2.35. The average Bonchev–Trinajstić information content (AvgIpc) is 3.06. The van der Waals surface area contributed by atoms with Gasteiger partial charge in [0.25, 0.3) is 5.91 Å². The van der Waals surface area contributed by atoms with Crippen LogP contribution in [0.2, 0.25) is 0 Å². The molecule has 1 aliphatic rings.